The summed E-state index contributed by atoms with van der Waals surface area (Å²) >= 11 is 0. The number of rotatable bonds is 3. The molecule has 0 spiro atoms. The van der Waals surface area contributed by atoms with E-state index in [-0.39, 0.29) is 6.04 Å². The van der Waals surface area contributed by atoms with Gasteiger partial charge in [0, 0.05) is 25.5 Å². The Morgan fingerprint density at radius 3 is 2.65 bits per heavy atom. The molecule has 23 heavy (non-hydrogen) atoms. The maximum Gasteiger partial charge on any atom is 0.417 e. The number of alkyl halides is 3. The van der Waals surface area contributed by atoms with Gasteiger partial charge in [-0.3, -0.25) is 9.48 Å². The molecule has 0 aromatic carbocycles. The number of hydrogen-bond donors (Lipinski definition) is 1. The first-order valence-electron chi connectivity index (χ1n) is 6.97. The molecule has 3 heterocycles. The van der Waals surface area contributed by atoms with Gasteiger partial charge in [-0.2, -0.15) is 18.3 Å². The SMILES string of the molecule is NC(=O)c1cnn(C2CCN(c3ccc(C(F)(F)F)cn3)C2)c1. The monoisotopic (exact) mass is 325 g/mol. The highest BCUT2D eigenvalue weighted by Crippen LogP contribution is 2.31. The van der Waals surface area contributed by atoms with E-state index in [9.17, 15) is 18.0 Å². The van der Waals surface area contributed by atoms with Crippen LogP contribution in [0.25, 0.3) is 0 Å². The fourth-order valence-corrected chi connectivity index (χ4v) is 2.57. The third-order valence-electron chi connectivity index (χ3n) is 3.82. The summed E-state index contributed by atoms with van der Waals surface area (Å²) < 4.78 is 39.3. The van der Waals surface area contributed by atoms with Gasteiger partial charge in [0.25, 0.3) is 5.91 Å². The molecule has 6 nitrogen and oxygen atoms in total. The molecule has 3 rings (SSSR count). The predicted octanol–water partition coefficient (Wildman–Crippen LogP) is 1.85. The van der Waals surface area contributed by atoms with Gasteiger partial charge in [0.1, 0.15) is 5.82 Å². The van der Waals surface area contributed by atoms with Crippen LogP contribution in [0.5, 0.6) is 0 Å². The highest BCUT2D eigenvalue weighted by Gasteiger charge is 2.31. The zero-order valence-corrected chi connectivity index (χ0v) is 12.0. The van der Waals surface area contributed by atoms with Crippen molar-refractivity contribution in [2.24, 2.45) is 5.73 Å². The Hall–Kier alpha value is -2.58. The minimum absolute atomic E-state index is 0.0205. The Labute approximate surface area is 129 Å². The zero-order chi connectivity index (χ0) is 16.6. The van der Waals surface area contributed by atoms with Crippen LogP contribution in [0.3, 0.4) is 0 Å². The number of aromatic nitrogens is 3. The molecular weight excluding hydrogens is 311 g/mol. The summed E-state index contributed by atoms with van der Waals surface area (Å²) in [7, 11) is 0. The summed E-state index contributed by atoms with van der Waals surface area (Å²) in [6.45, 7) is 1.20. The molecule has 2 N–H and O–H groups in total. The van der Waals surface area contributed by atoms with Crippen LogP contribution in [0.4, 0.5) is 19.0 Å². The molecule has 9 heteroatoms. The fourth-order valence-electron chi connectivity index (χ4n) is 2.57. The number of carbonyl (C=O) groups is 1. The van der Waals surface area contributed by atoms with Crippen LogP contribution in [-0.2, 0) is 6.18 Å². The average molecular weight is 325 g/mol. The van der Waals surface area contributed by atoms with Crippen molar-refractivity contribution in [3.63, 3.8) is 0 Å². The standard InChI is InChI=1S/C14H14F3N5O/c15-14(16,17)10-1-2-12(19-6-10)21-4-3-11(8-21)22-7-9(5-20-22)13(18)23/h1-2,5-7,11H,3-4,8H2,(H2,18,23). The largest absolute Gasteiger partial charge is 0.417 e. The highest BCUT2D eigenvalue weighted by molar-refractivity contribution is 5.92. The van der Waals surface area contributed by atoms with E-state index in [1.807, 2.05) is 4.90 Å². The summed E-state index contributed by atoms with van der Waals surface area (Å²) in [4.78, 5) is 16.9. The number of halogens is 3. The van der Waals surface area contributed by atoms with E-state index < -0.39 is 17.6 Å². The Morgan fingerprint density at radius 1 is 1.30 bits per heavy atom. The number of nitrogens with zero attached hydrogens (tertiary/aromatic N) is 4. The van der Waals surface area contributed by atoms with Gasteiger partial charge in [0.05, 0.1) is 23.4 Å². The van der Waals surface area contributed by atoms with Gasteiger partial charge < -0.3 is 10.6 Å². The maximum atomic E-state index is 12.5. The van der Waals surface area contributed by atoms with Crippen LogP contribution in [0.2, 0.25) is 0 Å². The van der Waals surface area contributed by atoms with E-state index in [0.29, 0.717) is 24.5 Å². The van der Waals surface area contributed by atoms with Crippen LogP contribution in [0, 0.1) is 0 Å². The van der Waals surface area contributed by atoms with Gasteiger partial charge in [-0.05, 0) is 18.6 Å². The number of anilines is 1. The van der Waals surface area contributed by atoms with E-state index in [4.69, 9.17) is 5.73 Å². The van der Waals surface area contributed by atoms with E-state index in [1.54, 1.807) is 10.9 Å². The summed E-state index contributed by atoms with van der Waals surface area (Å²) in [5.74, 6) is -0.0571. The first kappa shape index (κ1) is 15.3. The van der Waals surface area contributed by atoms with Crippen molar-refractivity contribution in [1.29, 1.82) is 0 Å². The number of primary amides is 1. The number of nitrogens with two attached hydrogens (primary N) is 1. The van der Waals surface area contributed by atoms with Crippen LogP contribution in [0.1, 0.15) is 28.4 Å². The first-order valence-corrected chi connectivity index (χ1v) is 6.97. The lowest BCUT2D eigenvalue weighted by Crippen LogP contribution is -2.22. The molecule has 1 aliphatic heterocycles. The van der Waals surface area contributed by atoms with Gasteiger partial charge in [0.15, 0.2) is 0 Å². The highest BCUT2D eigenvalue weighted by atomic mass is 19.4. The van der Waals surface area contributed by atoms with Crippen molar-refractivity contribution in [3.8, 4) is 0 Å². The molecule has 0 bridgehead atoms. The van der Waals surface area contributed by atoms with E-state index in [1.165, 1.54) is 12.3 Å². The molecule has 1 fully saturated rings. The summed E-state index contributed by atoms with van der Waals surface area (Å²) in [6, 6.07) is 2.41. The Bertz CT molecular complexity index is 710. The molecule has 1 aliphatic rings. The zero-order valence-electron chi connectivity index (χ0n) is 12.0. The van der Waals surface area contributed by atoms with Gasteiger partial charge in [-0.25, -0.2) is 4.98 Å². The minimum atomic E-state index is -4.39. The molecule has 0 radical (unpaired) electrons. The van der Waals surface area contributed by atoms with Crippen molar-refractivity contribution in [2.45, 2.75) is 18.6 Å². The van der Waals surface area contributed by atoms with Gasteiger partial charge in [-0.1, -0.05) is 0 Å². The molecule has 0 aliphatic carbocycles. The van der Waals surface area contributed by atoms with Gasteiger partial charge >= 0.3 is 6.18 Å². The second kappa shape index (κ2) is 5.56. The third-order valence-corrected chi connectivity index (χ3v) is 3.82. The second-order valence-corrected chi connectivity index (χ2v) is 5.36. The number of carbonyl (C=O) groups excluding carboxylic acids is 1. The van der Waals surface area contributed by atoms with E-state index in [0.717, 1.165) is 18.7 Å². The minimum Gasteiger partial charge on any atom is -0.366 e. The fraction of sp³-hybridized carbons (Fsp3) is 0.357. The second-order valence-electron chi connectivity index (χ2n) is 5.36. The lowest BCUT2D eigenvalue weighted by Gasteiger charge is -2.18. The number of pyridine rings is 1. The summed E-state index contributed by atoms with van der Waals surface area (Å²) in [5, 5.41) is 4.11. The Balaban J connectivity index is 1.70. The predicted molar refractivity (Wildman–Crippen MR) is 75.9 cm³/mol. The molecule has 2 aromatic rings. The molecule has 0 saturated carbocycles. The molecule has 1 amide bonds. The van der Waals surface area contributed by atoms with Crippen LogP contribution >= 0.6 is 0 Å². The molecule has 1 unspecified atom stereocenters. The lowest BCUT2D eigenvalue weighted by molar-refractivity contribution is -0.137. The molecule has 122 valence electrons. The average Bonchev–Trinajstić information content (AvgIpc) is 3.15. The molecular formula is C14H14F3N5O. The third kappa shape index (κ3) is 3.13. The summed E-state index contributed by atoms with van der Waals surface area (Å²) in [5.41, 5.74) is 4.75. The molecule has 1 atom stereocenters. The smallest absolute Gasteiger partial charge is 0.366 e. The van der Waals surface area contributed by atoms with Crippen LogP contribution < -0.4 is 10.6 Å². The lowest BCUT2D eigenvalue weighted by atomic mass is 10.2. The summed E-state index contributed by atoms with van der Waals surface area (Å²) in [6.07, 6.45) is 0.182. The van der Waals surface area contributed by atoms with E-state index >= 15 is 0 Å². The van der Waals surface area contributed by atoms with Crippen molar-refractivity contribution in [3.05, 3.63) is 41.9 Å². The van der Waals surface area contributed by atoms with Crippen molar-refractivity contribution in [1.82, 2.24) is 14.8 Å². The normalized spacial score (nSPS) is 18.4. The first-order chi connectivity index (χ1) is 10.8. The van der Waals surface area contributed by atoms with Crippen LogP contribution in [0.15, 0.2) is 30.7 Å². The quantitative estimate of drug-likeness (QED) is 0.934. The van der Waals surface area contributed by atoms with Gasteiger partial charge in [0.2, 0.25) is 0 Å². The van der Waals surface area contributed by atoms with Gasteiger partial charge in [-0.15, -0.1) is 0 Å². The Morgan fingerprint density at radius 2 is 2.09 bits per heavy atom. The van der Waals surface area contributed by atoms with E-state index in [2.05, 4.69) is 10.1 Å². The topological polar surface area (TPSA) is 77.0 Å². The Kier molecular flexibility index (Phi) is 3.70. The number of amides is 1. The van der Waals surface area contributed by atoms with Crippen molar-refractivity contribution < 1.29 is 18.0 Å². The number of hydrogen-bond acceptors (Lipinski definition) is 4. The van der Waals surface area contributed by atoms with Crippen LogP contribution in [-0.4, -0.2) is 33.8 Å². The van der Waals surface area contributed by atoms with Crippen molar-refractivity contribution in [2.75, 3.05) is 18.0 Å². The molecule has 1 saturated heterocycles. The van der Waals surface area contributed by atoms with Crippen molar-refractivity contribution >= 4 is 11.7 Å². The maximum absolute atomic E-state index is 12.5. The molecule has 2 aromatic heterocycles.